The number of hydrogen-bond acceptors (Lipinski definition) is 2. The Hall–Kier alpha value is -3.15. The van der Waals surface area contributed by atoms with Gasteiger partial charge in [0.25, 0.3) is 5.91 Å². The topological polar surface area (TPSA) is 42.0 Å². The van der Waals surface area contributed by atoms with Crippen molar-refractivity contribution < 1.29 is 18.0 Å². The van der Waals surface area contributed by atoms with Crippen LogP contribution in [0.5, 0.6) is 0 Å². The van der Waals surface area contributed by atoms with Crippen LogP contribution in [-0.2, 0) is 6.42 Å². The van der Waals surface area contributed by atoms with E-state index in [-0.39, 0.29) is 0 Å². The van der Waals surface area contributed by atoms with E-state index in [1.54, 1.807) is 24.5 Å². The molecular weight excluding hydrogens is 329 g/mol. The van der Waals surface area contributed by atoms with Gasteiger partial charge < -0.3 is 5.32 Å². The molecule has 3 aromatic rings. The van der Waals surface area contributed by atoms with E-state index < -0.39 is 28.9 Å². The minimum absolute atomic E-state index is 0.424. The van der Waals surface area contributed by atoms with E-state index in [1.807, 2.05) is 24.3 Å². The van der Waals surface area contributed by atoms with Gasteiger partial charge in [0, 0.05) is 18.1 Å². The molecule has 0 aliphatic carbocycles. The van der Waals surface area contributed by atoms with Crippen LogP contribution in [0.4, 0.5) is 18.9 Å². The van der Waals surface area contributed by atoms with Crippen molar-refractivity contribution in [2.24, 2.45) is 0 Å². The number of benzene rings is 2. The SMILES string of the molecule is O=C(Nc1ccc(Cc2ccncc2)cc1)c1ccc(F)c(F)c1F. The second-order valence-corrected chi connectivity index (χ2v) is 5.41. The average Bonchev–Trinajstić information content (AvgIpc) is 2.62. The summed E-state index contributed by atoms with van der Waals surface area (Å²) in [5, 5.41) is 2.46. The number of aromatic nitrogens is 1. The number of halogens is 3. The van der Waals surface area contributed by atoms with Crippen molar-refractivity contribution in [3.63, 3.8) is 0 Å². The predicted molar refractivity (Wildman–Crippen MR) is 87.8 cm³/mol. The number of carbonyl (C=O) groups excluding carboxylic acids is 1. The summed E-state index contributed by atoms with van der Waals surface area (Å²) in [4.78, 5) is 16.0. The van der Waals surface area contributed by atoms with Gasteiger partial charge in [-0.25, -0.2) is 13.2 Å². The molecule has 1 aromatic heterocycles. The Labute approximate surface area is 142 Å². The number of hydrogen-bond donors (Lipinski definition) is 1. The molecule has 0 radical (unpaired) electrons. The van der Waals surface area contributed by atoms with Crippen LogP contribution in [0.15, 0.2) is 60.9 Å². The summed E-state index contributed by atoms with van der Waals surface area (Å²) in [7, 11) is 0. The van der Waals surface area contributed by atoms with E-state index in [9.17, 15) is 18.0 Å². The highest BCUT2D eigenvalue weighted by Crippen LogP contribution is 2.18. The van der Waals surface area contributed by atoms with E-state index >= 15 is 0 Å². The van der Waals surface area contributed by atoms with Gasteiger partial charge in [-0.1, -0.05) is 12.1 Å². The Kier molecular flexibility index (Phi) is 4.79. The van der Waals surface area contributed by atoms with Crippen LogP contribution in [0.1, 0.15) is 21.5 Å². The van der Waals surface area contributed by atoms with Gasteiger partial charge in [-0.3, -0.25) is 9.78 Å². The summed E-state index contributed by atoms with van der Waals surface area (Å²) in [5.74, 6) is -5.36. The minimum atomic E-state index is -1.67. The normalized spacial score (nSPS) is 10.5. The molecule has 0 unspecified atom stereocenters. The van der Waals surface area contributed by atoms with Gasteiger partial charge in [-0.05, 0) is 53.9 Å². The van der Waals surface area contributed by atoms with Gasteiger partial charge in [0.2, 0.25) is 0 Å². The quantitative estimate of drug-likeness (QED) is 0.717. The van der Waals surface area contributed by atoms with Crippen LogP contribution in [-0.4, -0.2) is 10.9 Å². The molecule has 2 aromatic carbocycles. The van der Waals surface area contributed by atoms with Crippen LogP contribution >= 0.6 is 0 Å². The molecule has 1 heterocycles. The van der Waals surface area contributed by atoms with Crippen LogP contribution in [0.25, 0.3) is 0 Å². The van der Waals surface area contributed by atoms with Gasteiger partial charge in [-0.15, -0.1) is 0 Å². The van der Waals surface area contributed by atoms with Crippen LogP contribution in [0, 0.1) is 17.5 Å². The van der Waals surface area contributed by atoms with Gasteiger partial charge in [0.1, 0.15) is 0 Å². The highest BCUT2D eigenvalue weighted by atomic mass is 19.2. The summed E-state index contributed by atoms with van der Waals surface area (Å²) < 4.78 is 39.8. The number of nitrogens with zero attached hydrogens (tertiary/aromatic N) is 1. The standard InChI is InChI=1S/C19H13F3N2O/c20-16-6-5-15(17(21)18(16)22)19(25)24-14-3-1-12(2-4-14)11-13-7-9-23-10-8-13/h1-10H,11H2,(H,24,25). The largest absolute Gasteiger partial charge is 0.322 e. The lowest BCUT2D eigenvalue weighted by Crippen LogP contribution is -2.15. The number of anilines is 1. The maximum absolute atomic E-state index is 13.6. The first-order valence-electron chi connectivity index (χ1n) is 7.47. The van der Waals surface area contributed by atoms with Gasteiger partial charge in [0.15, 0.2) is 17.5 Å². The molecule has 0 saturated carbocycles. The van der Waals surface area contributed by atoms with Crippen LogP contribution < -0.4 is 5.32 Å². The monoisotopic (exact) mass is 342 g/mol. The van der Waals surface area contributed by atoms with Crippen molar-refractivity contribution in [2.75, 3.05) is 5.32 Å². The Morgan fingerprint density at radius 2 is 1.48 bits per heavy atom. The zero-order chi connectivity index (χ0) is 17.8. The lowest BCUT2D eigenvalue weighted by Gasteiger charge is -2.08. The number of rotatable bonds is 4. The van der Waals surface area contributed by atoms with Gasteiger partial charge >= 0.3 is 0 Å². The molecule has 0 bridgehead atoms. The van der Waals surface area contributed by atoms with Crippen molar-refractivity contribution in [1.29, 1.82) is 0 Å². The fourth-order valence-corrected chi connectivity index (χ4v) is 2.34. The molecule has 0 atom stereocenters. The van der Waals surface area contributed by atoms with Crippen LogP contribution in [0.2, 0.25) is 0 Å². The first-order chi connectivity index (χ1) is 12.0. The number of pyridine rings is 1. The van der Waals surface area contributed by atoms with Crippen LogP contribution in [0.3, 0.4) is 0 Å². The molecule has 0 aliphatic heterocycles. The minimum Gasteiger partial charge on any atom is -0.322 e. The molecule has 3 nitrogen and oxygen atoms in total. The lowest BCUT2D eigenvalue weighted by molar-refractivity contribution is 0.102. The van der Waals surface area contributed by atoms with Crippen molar-refractivity contribution in [3.05, 3.63) is 95.1 Å². The lowest BCUT2D eigenvalue weighted by atomic mass is 10.1. The van der Waals surface area contributed by atoms with Crippen molar-refractivity contribution in [1.82, 2.24) is 4.98 Å². The third-order valence-electron chi connectivity index (χ3n) is 3.65. The Morgan fingerprint density at radius 3 is 2.16 bits per heavy atom. The fraction of sp³-hybridized carbons (Fsp3) is 0.0526. The van der Waals surface area contributed by atoms with E-state index in [4.69, 9.17) is 0 Å². The molecule has 0 spiro atoms. The van der Waals surface area contributed by atoms with Crippen molar-refractivity contribution in [3.8, 4) is 0 Å². The van der Waals surface area contributed by atoms with Crippen molar-refractivity contribution >= 4 is 11.6 Å². The highest BCUT2D eigenvalue weighted by Gasteiger charge is 2.18. The molecule has 0 fully saturated rings. The summed E-state index contributed by atoms with van der Waals surface area (Å²) in [6, 6.07) is 12.4. The summed E-state index contributed by atoms with van der Waals surface area (Å²) >= 11 is 0. The van der Waals surface area contributed by atoms with Gasteiger partial charge in [-0.2, -0.15) is 0 Å². The third-order valence-corrected chi connectivity index (χ3v) is 3.65. The summed E-state index contributed by atoms with van der Waals surface area (Å²) in [6.07, 6.45) is 4.12. The summed E-state index contributed by atoms with van der Waals surface area (Å²) in [5.41, 5.74) is 1.98. The van der Waals surface area contributed by atoms with E-state index in [1.165, 1.54) is 0 Å². The molecule has 1 N–H and O–H groups in total. The number of carbonyl (C=O) groups is 1. The smallest absolute Gasteiger partial charge is 0.258 e. The van der Waals surface area contributed by atoms with E-state index in [0.717, 1.165) is 17.2 Å². The molecule has 0 aliphatic rings. The van der Waals surface area contributed by atoms with E-state index in [2.05, 4.69) is 10.3 Å². The zero-order valence-corrected chi connectivity index (χ0v) is 13.0. The highest BCUT2D eigenvalue weighted by molar-refractivity contribution is 6.04. The molecule has 1 amide bonds. The molecule has 25 heavy (non-hydrogen) atoms. The Bertz CT molecular complexity index is 897. The Morgan fingerprint density at radius 1 is 0.840 bits per heavy atom. The first-order valence-corrected chi connectivity index (χ1v) is 7.47. The predicted octanol–water partition coefficient (Wildman–Crippen LogP) is 4.34. The molecule has 0 saturated heterocycles. The second-order valence-electron chi connectivity index (χ2n) is 5.41. The zero-order valence-electron chi connectivity index (χ0n) is 13.0. The second kappa shape index (κ2) is 7.17. The molecule has 126 valence electrons. The third kappa shape index (κ3) is 3.85. The molecular formula is C19H13F3N2O. The average molecular weight is 342 g/mol. The van der Waals surface area contributed by atoms with Gasteiger partial charge in [0.05, 0.1) is 5.56 Å². The number of amides is 1. The summed E-state index contributed by atoms with van der Waals surface area (Å²) in [6.45, 7) is 0. The van der Waals surface area contributed by atoms with E-state index in [0.29, 0.717) is 18.2 Å². The van der Waals surface area contributed by atoms with Crippen molar-refractivity contribution in [2.45, 2.75) is 6.42 Å². The maximum Gasteiger partial charge on any atom is 0.258 e. The fourth-order valence-electron chi connectivity index (χ4n) is 2.34. The molecule has 3 rings (SSSR count). The first kappa shape index (κ1) is 16.7. The maximum atomic E-state index is 13.6. The number of nitrogens with one attached hydrogen (secondary N) is 1. The molecule has 6 heteroatoms. The Balaban J connectivity index is 1.71.